The minimum Gasteiger partial charge on any atom is -0.332 e. The minimum atomic E-state index is -0.388. The molecule has 0 heterocycles. The second-order valence-electron chi connectivity index (χ2n) is 5.79. The van der Waals surface area contributed by atoms with Gasteiger partial charge < -0.3 is 4.90 Å². The van der Waals surface area contributed by atoms with E-state index in [2.05, 4.69) is 59.1 Å². The molecule has 0 spiro atoms. The van der Waals surface area contributed by atoms with Crippen molar-refractivity contribution < 1.29 is 4.79 Å². The molecular formula is C19H25NO. The van der Waals surface area contributed by atoms with Gasteiger partial charge in [-0.2, -0.15) is 0 Å². The summed E-state index contributed by atoms with van der Waals surface area (Å²) in [4.78, 5) is 13.4. The molecule has 112 valence electrons. The molecule has 1 rings (SSSR count). The number of aryl methyl sites for hydroxylation is 2. The number of allylic oxidation sites excluding steroid dienone is 2. The normalized spacial score (nSPS) is 11.9. The Morgan fingerprint density at radius 3 is 2.48 bits per heavy atom. The summed E-state index contributed by atoms with van der Waals surface area (Å²) in [6.07, 6.45) is 6.26. The molecule has 0 saturated heterocycles. The van der Waals surface area contributed by atoms with Crippen LogP contribution in [0, 0.1) is 13.8 Å². The zero-order valence-corrected chi connectivity index (χ0v) is 13.5. The molecule has 0 unspecified atom stereocenters. The van der Waals surface area contributed by atoms with Gasteiger partial charge in [-0.3, -0.25) is 4.79 Å². The van der Waals surface area contributed by atoms with Crippen LogP contribution in [-0.4, -0.2) is 17.9 Å². The zero-order chi connectivity index (χ0) is 16.0. The summed E-state index contributed by atoms with van der Waals surface area (Å²) < 4.78 is 0. The maximum atomic E-state index is 11.6. The first kappa shape index (κ1) is 17.0. The van der Waals surface area contributed by atoms with Gasteiger partial charge in [0.1, 0.15) is 0 Å². The van der Waals surface area contributed by atoms with Crippen molar-refractivity contribution in [1.29, 1.82) is 0 Å². The van der Waals surface area contributed by atoms with Crippen LogP contribution >= 0.6 is 0 Å². The van der Waals surface area contributed by atoms with Gasteiger partial charge in [-0.25, -0.2) is 0 Å². The van der Waals surface area contributed by atoms with Crippen molar-refractivity contribution in [2.24, 2.45) is 0 Å². The summed E-state index contributed by atoms with van der Waals surface area (Å²) in [5.74, 6) is 0. The number of rotatable bonds is 7. The van der Waals surface area contributed by atoms with Gasteiger partial charge in [0.25, 0.3) is 0 Å². The van der Waals surface area contributed by atoms with E-state index < -0.39 is 0 Å². The Morgan fingerprint density at radius 1 is 1.29 bits per heavy atom. The molecular weight excluding hydrogens is 258 g/mol. The van der Waals surface area contributed by atoms with Gasteiger partial charge in [0.05, 0.1) is 5.54 Å². The molecule has 0 N–H and O–H groups in total. The highest BCUT2D eigenvalue weighted by atomic mass is 16.1. The average molecular weight is 283 g/mol. The van der Waals surface area contributed by atoms with Crippen LogP contribution in [0.5, 0.6) is 0 Å². The lowest BCUT2D eigenvalue weighted by Gasteiger charge is -2.38. The van der Waals surface area contributed by atoms with Crippen molar-refractivity contribution in [3.8, 4) is 0 Å². The van der Waals surface area contributed by atoms with E-state index in [1.807, 2.05) is 6.08 Å². The second-order valence-corrected chi connectivity index (χ2v) is 5.79. The van der Waals surface area contributed by atoms with Crippen LogP contribution in [0.25, 0.3) is 0 Å². The first-order valence-electron chi connectivity index (χ1n) is 7.10. The van der Waals surface area contributed by atoms with E-state index in [0.29, 0.717) is 6.54 Å². The number of benzene rings is 1. The second kappa shape index (κ2) is 7.07. The Bertz CT molecular complexity index is 567. The molecule has 0 aliphatic heterocycles. The van der Waals surface area contributed by atoms with Crippen LogP contribution in [-0.2, 0) is 10.3 Å². The quantitative estimate of drug-likeness (QED) is 0.540. The number of nitrogens with zero attached hydrogens (tertiary/aromatic N) is 1. The van der Waals surface area contributed by atoms with Gasteiger partial charge in [-0.15, -0.1) is 0 Å². The fourth-order valence-corrected chi connectivity index (χ4v) is 2.45. The Hall–Kier alpha value is -2.09. The van der Waals surface area contributed by atoms with Crippen LogP contribution in [0.1, 0.15) is 30.5 Å². The molecule has 2 nitrogen and oxygen atoms in total. The predicted octanol–water partition coefficient (Wildman–Crippen LogP) is 4.30. The number of amides is 1. The fraction of sp³-hybridized carbons (Fsp3) is 0.316. The van der Waals surface area contributed by atoms with Crippen LogP contribution in [0.4, 0.5) is 0 Å². The molecule has 2 heteroatoms. The lowest BCUT2D eigenvalue weighted by atomic mass is 9.87. The highest BCUT2D eigenvalue weighted by Crippen LogP contribution is 2.30. The standard InChI is InChI=1S/C19H25NO/c1-7-9-17(8-2)13-20(14-21)19(5,6)18-12-15(3)10-11-16(18)4/h7-12,14H,1-2,13H2,3-6H3/b17-9+. The van der Waals surface area contributed by atoms with Crippen molar-refractivity contribution >= 4 is 6.41 Å². The van der Waals surface area contributed by atoms with Crippen LogP contribution in [0.3, 0.4) is 0 Å². The Balaban J connectivity index is 3.21. The average Bonchev–Trinajstić information content (AvgIpc) is 2.45. The summed E-state index contributed by atoms with van der Waals surface area (Å²) in [6.45, 7) is 16.3. The molecule has 0 aliphatic rings. The largest absolute Gasteiger partial charge is 0.332 e. The maximum Gasteiger partial charge on any atom is 0.210 e. The van der Waals surface area contributed by atoms with Crippen LogP contribution in [0.2, 0.25) is 0 Å². The monoisotopic (exact) mass is 283 g/mol. The Kier molecular flexibility index (Phi) is 5.71. The summed E-state index contributed by atoms with van der Waals surface area (Å²) in [5.41, 5.74) is 4.12. The maximum absolute atomic E-state index is 11.6. The Morgan fingerprint density at radius 2 is 1.95 bits per heavy atom. The Labute approximate surface area is 128 Å². The van der Waals surface area contributed by atoms with Crippen molar-refractivity contribution in [2.75, 3.05) is 6.54 Å². The van der Waals surface area contributed by atoms with Gasteiger partial charge in [0.15, 0.2) is 0 Å². The summed E-state index contributed by atoms with van der Waals surface area (Å²) in [7, 11) is 0. The van der Waals surface area contributed by atoms with Crippen LogP contribution < -0.4 is 0 Å². The van der Waals surface area contributed by atoms with E-state index in [0.717, 1.165) is 17.5 Å². The highest BCUT2D eigenvalue weighted by Gasteiger charge is 2.29. The van der Waals surface area contributed by atoms with Gasteiger partial charge in [-0.05, 0) is 44.4 Å². The first-order valence-corrected chi connectivity index (χ1v) is 7.10. The zero-order valence-electron chi connectivity index (χ0n) is 13.5. The summed E-state index contributed by atoms with van der Waals surface area (Å²) in [6, 6.07) is 6.34. The molecule has 0 aromatic heterocycles. The van der Waals surface area contributed by atoms with E-state index in [-0.39, 0.29) is 5.54 Å². The fourth-order valence-electron chi connectivity index (χ4n) is 2.45. The third kappa shape index (κ3) is 3.94. The molecule has 0 atom stereocenters. The lowest BCUT2D eigenvalue weighted by molar-refractivity contribution is -0.122. The number of carbonyl (C=O) groups is 1. The third-order valence-electron chi connectivity index (χ3n) is 3.84. The first-order chi connectivity index (χ1) is 9.86. The topological polar surface area (TPSA) is 20.3 Å². The SMILES string of the molecule is C=C/C=C(\C=C)CN(C=O)C(C)(C)c1cc(C)ccc1C. The molecule has 1 aromatic carbocycles. The third-order valence-corrected chi connectivity index (χ3v) is 3.84. The van der Waals surface area contributed by atoms with Gasteiger partial charge >= 0.3 is 0 Å². The summed E-state index contributed by atoms with van der Waals surface area (Å²) >= 11 is 0. The molecule has 0 bridgehead atoms. The van der Waals surface area contributed by atoms with Crippen LogP contribution in [0.15, 0.2) is 55.2 Å². The predicted molar refractivity (Wildman–Crippen MR) is 90.2 cm³/mol. The van der Waals surface area contributed by atoms with Crippen molar-refractivity contribution in [3.05, 3.63) is 71.8 Å². The van der Waals surface area contributed by atoms with Gasteiger partial charge in [0, 0.05) is 6.54 Å². The summed E-state index contributed by atoms with van der Waals surface area (Å²) in [5, 5.41) is 0. The molecule has 21 heavy (non-hydrogen) atoms. The molecule has 1 amide bonds. The van der Waals surface area contributed by atoms with Crippen molar-refractivity contribution in [2.45, 2.75) is 33.2 Å². The number of hydrogen-bond donors (Lipinski definition) is 0. The van der Waals surface area contributed by atoms with Crippen molar-refractivity contribution in [3.63, 3.8) is 0 Å². The van der Waals surface area contributed by atoms with E-state index in [1.54, 1.807) is 17.1 Å². The molecule has 1 aromatic rings. The highest BCUT2D eigenvalue weighted by molar-refractivity contribution is 5.52. The number of hydrogen-bond acceptors (Lipinski definition) is 1. The lowest BCUT2D eigenvalue weighted by Crippen LogP contribution is -2.42. The van der Waals surface area contributed by atoms with Gasteiger partial charge in [0.2, 0.25) is 6.41 Å². The minimum absolute atomic E-state index is 0.388. The smallest absolute Gasteiger partial charge is 0.210 e. The molecule has 0 aliphatic carbocycles. The van der Waals surface area contributed by atoms with Crippen molar-refractivity contribution in [1.82, 2.24) is 4.90 Å². The van der Waals surface area contributed by atoms with E-state index in [1.165, 1.54) is 11.1 Å². The molecule has 0 fully saturated rings. The number of carbonyl (C=O) groups excluding carboxylic acids is 1. The molecule has 0 radical (unpaired) electrons. The van der Waals surface area contributed by atoms with Gasteiger partial charge in [-0.1, -0.05) is 55.1 Å². The van der Waals surface area contributed by atoms with E-state index in [9.17, 15) is 4.79 Å². The van der Waals surface area contributed by atoms with E-state index in [4.69, 9.17) is 0 Å². The molecule has 0 saturated carbocycles. The van der Waals surface area contributed by atoms with E-state index >= 15 is 0 Å².